The van der Waals surface area contributed by atoms with Crippen molar-refractivity contribution in [1.82, 2.24) is 19.5 Å². The second-order valence-corrected chi connectivity index (χ2v) is 8.59. The molecule has 7 heteroatoms. The summed E-state index contributed by atoms with van der Waals surface area (Å²) in [6.07, 6.45) is 1.83. The van der Waals surface area contributed by atoms with Gasteiger partial charge in [-0.15, -0.1) is 0 Å². The van der Waals surface area contributed by atoms with Crippen molar-refractivity contribution >= 4 is 33.7 Å². The van der Waals surface area contributed by atoms with Gasteiger partial charge < -0.3 is 15.0 Å². The van der Waals surface area contributed by atoms with Crippen LogP contribution >= 0.6 is 0 Å². The van der Waals surface area contributed by atoms with Gasteiger partial charge in [0, 0.05) is 25.3 Å². The molecule has 0 spiro atoms. The number of rotatable bonds is 5. The standard InChI is InChI=1S/C27H26N6O/c1-19-6-4-10-22(16-19)33-18-29-24-25(30-27(31-26(24)33)32-12-14-34-15-13-32)28-17-21-9-5-8-20-7-2-3-11-23(20)21/h2-11,16,18H,12-15,17H2,1H3,(H,28,30,31). The number of ether oxygens (including phenoxy) is 1. The Labute approximate surface area is 198 Å². The van der Waals surface area contributed by atoms with Gasteiger partial charge >= 0.3 is 0 Å². The van der Waals surface area contributed by atoms with E-state index in [4.69, 9.17) is 19.7 Å². The molecule has 170 valence electrons. The van der Waals surface area contributed by atoms with Crippen LogP contribution in [-0.2, 0) is 11.3 Å². The number of anilines is 2. The highest BCUT2D eigenvalue weighted by molar-refractivity contribution is 5.88. The number of nitrogens with zero attached hydrogens (tertiary/aromatic N) is 5. The Morgan fingerprint density at radius 1 is 0.941 bits per heavy atom. The number of imidazole rings is 1. The van der Waals surface area contributed by atoms with Crippen molar-refractivity contribution in [2.24, 2.45) is 0 Å². The van der Waals surface area contributed by atoms with Gasteiger partial charge in [0.15, 0.2) is 17.0 Å². The quantitative estimate of drug-likeness (QED) is 0.418. The lowest BCUT2D eigenvalue weighted by Crippen LogP contribution is -2.37. The average Bonchev–Trinajstić information content (AvgIpc) is 3.32. The van der Waals surface area contributed by atoms with E-state index >= 15 is 0 Å². The predicted molar refractivity (Wildman–Crippen MR) is 136 cm³/mol. The average molecular weight is 451 g/mol. The molecule has 1 fully saturated rings. The summed E-state index contributed by atoms with van der Waals surface area (Å²) in [6.45, 7) is 5.63. The van der Waals surface area contributed by atoms with Crippen LogP contribution in [0.5, 0.6) is 0 Å². The van der Waals surface area contributed by atoms with Gasteiger partial charge in [0.2, 0.25) is 5.95 Å². The first-order valence-electron chi connectivity index (χ1n) is 11.6. The second kappa shape index (κ2) is 8.76. The molecule has 0 saturated carbocycles. The molecule has 1 saturated heterocycles. The maximum atomic E-state index is 5.55. The van der Waals surface area contributed by atoms with Gasteiger partial charge in [0.25, 0.3) is 0 Å². The molecule has 1 aliphatic heterocycles. The number of hydrogen-bond acceptors (Lipinski definition) is 6. The molecule has 0 bridgehead atoms. The third-order valence-electron chi connectivity index (χ3n) is 6.28. The van der Waals surface area contributed by atoms with Gasteiger partial charge in [0.1, 0.15) is 6.33 Å². The van der Waals surface area contributed by atoms with Crippen LogP contribution in [-0.4, -0.2) is 45.8 Å². The highest BCUT2D eigenvalue weighted by atomic mass is 16.5. The zero-order valence-electron chi connectivity index (χ0n) is 19.1. The van der Waals surface area contributed by atoms with E-state index in [1.165, 1.54) is 21.9 Å². The summed E-state index contributed by atoms with van der Waals surface area (Å²) < 4.78 is 7.58. The van der Waals surface area contributed by atoms with Gasteiger partial charge in [-0.1, -0.05) is 54.6 Å². The van der Waals surface area contributed by atoms with Crippen molar-refractivity contribution in [3.63, 3.8) is 0 Å². The fourth-order valence-corrected chi connectivity index (χ4v) is 4.51. The van der Waals surface area contributed by atoms with Crippen LogP contribution in [0.15, 0.2) is 73.1 Å². The number of hydrogen-bond donors (Lipinski definition) is 1. The van der Waals surface area contributed by atoms with Crippen LogP contribution in [0.2, 0.25) is 0 Å². The zero-order valence-corrected chi connectivity index (χ0v) is 19.1. The molecule has 0 aliphatic carbocycles. The Balaban J connectivity index is 1.43. The first kappa shape index (κ1) is 20.6. The van der Waals surface area contributed by atoms with Gasteiger partial charge in [-0.25, -0.2) is 4.98 Å². The van der Waals surface area contributed by atoms with E-state index < -0.39 is 0 Å². The molecular weight excluding hydrogens is 424 g/mol. The van der Waals surface area contributed by atoms with Crippen molar-refractivity contribution < 1.29 is 4.74 Å². The van der Waals surface area contributed by atoms with Crippen molar-refractivity contribution in [1.29, 1.82) is 0 Å². The summed E-state index contributed by atoms with van der Waals surface area (Å²) in [5.41, 5.74) is 5.00. The summed E-state index contributed by atoms with van der Waals surface area (Å²) in [6, 6.07) is 23.2. The minimum atomic E-state index is 0.646. The Kier molecular flexibility index (Phi) is 5.31. The molecule has 1 aliphatic rings. The van der Waals surface area contributed by atoms with Crippen LogP contribution in [0.4, 0.5) is 11.8 Å². The van der Waals surface area contributed by atoms with Crippen LogP contribution in [0.3, 0.4) is 0 Å². The largest absolute Gasteiger partial charge is 0.378 e. The molecule has 0 unspecified atom stereocenters. The summed E-state index contributed by atoms with van der Waals surface area (Å²) >= 11 is 0. The van der Waals surface area contributed by atoms with Crippen LogP contribution < -0.4 is 10.2 Å². The van der Waals surface area contributed by atoms with Crippen LogP contribution in [0.25, 0.3) is 27.6 Å². The first-order chi connectivity index (χ1) is 16.8. The molecule has 2 aromatic heterocycles. The molecule has 5 aromatic rings. The third kappa shape index (κ3) is 3.84. The maximum absolute atomic E-state index is 5.55. The summed E-state index contributed by atoms with van der Waals surface area (Å²) in [7, 11) is 0. The molecule has 3 aromatic carbocycles. The van der Waals surface area contributed by atoms with E-state index in [2.05, 4.69) is 83.9 Å². The van der Waals surface area contributed by atoms with E-state index in [0.29, 0.717) is 25.7 Å². The highest BCUT2D eigenvalue weighted by Crippen LogP contribution is 2.27. The lowest BCUT2D eigenvalue weighted by Gasteiger charge is -2.27. The first-order valence-corrected chi connectivity index (χ1v) is 11.6. The monoisotopic (exact) mass is 450 g/mol. The Morgan fingerprint density at radius 3 is 2.65 bits per heavy atom. The van der Waals surface area contributed by atoms with Gasteiger partial charge in [0.05, 0.1) is 13.2 Å². The maximum Gasteiger partial charge on any atom is 0.229 e. The molecule has 7 nitrogen and oxygen atoms in total. The minimum Gasteiger partial charge on any atom is -0.378 e. The summed E-state index contributed by atoms with van der Waals surface area (Å²) in [4.78, 5) is 16.8. The molecule has 1 N–H and O–H groups in total. The van der Waals surface area contributed by atoms with Crippen LogP contribution in [0.1, 0.15) is 11.1 Å². The fraction of sp³-hybridized carbons (Fsp3) is 0.222. The number of aryl methyl sites for hydroxylation is 1. The Hall–Kier alpha value is -3.97. The van der Waals surface area contributed by atoms with Crippen molar-refractivity contribution in [3.8, 4) is 5.69 Å². The van der Waals surface area contributed by atoms with E-state index in [-0.39, 0.29) is 0 Å². The van der Waals surface area contributed by atoms with Gasteiger partial charge in [-0.2, -0.15) is 9.97 Å². The molecule has 34 heavy (non-hydrogen) atoms. The smallest absolute Gasteiger partial charge is 0.229 e. The number of fused-ring (bicyclic) bond motifs is 2. The molecule has 0 atom stereocenters. The van der Waals surface area contributed by atoms with Crippen molar-refractivity contribution in [2.45, 2.75) is 13.5 Å². The highest BCUT2D eigenvalue weighted by Gasteiger charge is 2.20. The van der Waals surface area contributed by atoms with E-state index in [9.17, 15) is 0 Å². The minimum absolute atomic E-state index is 0.646. The Bertz CT molecular complexity index is 1470. The summed E-state index contributed by atoms with van der Waals surface area (Å²) in [5, 5.41) is 6.03. The Morgan fingerprint density at radius 2 is 1.76 bits per heavy atom. The topological polar surface area (TPSA) is 68.1 Å². The number of aromatic nitrogens is 4. The van der Waals surface area contributed by atoms with Crippen molar-refractivity contribution in [2.75, 3.05) is 36.5 Å². The third-order valence-corrected chi connectivity index (χ3v) is 6.28. The van der Waals surface area contributed by atoms with E-state index in [1.807, 2.05) is 10.9 Å². The number of benzene rings is 3. The van der Waals surface area contributed by atoms with E-state index in [1.54, 1.807) is 0 Å². The SMILES string of the molecule is Cc1cccc(-n2cnc3c(NCc4cccc5ccccc45)nc(N4CCOCC4)nc32)c1. The predicted octanol–water partition coefficient (Wildman–Crippen LogP) is 4.73. The van der Waals surface area contributed by atoms with Gasteiger partial charge in [-0.05, 0) is 41.0 Å². The lowest BCUT2D eigenvalue weighted by atomic mass is 10.0. The molecule has 6 rings (SSSR count). The van der Waals surface area contributed by atoms with Crippen LogP contribution in [0, 0.1) is 6.92 Å². The van der Waals surface area contributed by atoms with E-state index in [0.717, 1.165) is 35.8 Å². The lowest BCUT2D eigenvalue weighted by molar-refractivity contribution is 0.122. The normalized spacial score (nSPS) is 14.1. The van der Waals surface area contributed by atoms with Crippen molar-refractivity contribution in [3.05, 3.63) is 84.2 Å². The van der Waals surface area contributed by atoms with Gasteiger partial charge in [-0.3, -0.25) is 4.57 Å². The summed E-state index contributed by atoms with van der Waals surface area (Å²) in [5.74, 6) is 1.44. The molecular formula is C27H26N6O. The molecule has 0 radical (unpaired) electrons. The number of nitrogens with one attached hydrogen (secondary N) is 1. The number of morpholine rings is 1. The fourth-order valence-electron chi connectivity index (χ4n) is 4.51. The molecule has 0 amide bonds. The molecule has 3 heterocycles. The zero-order chi connectivity index (χ0) is 22.9. The second-order valence-electron chi connectivity index (χ2n) is 8.59.